The minimum Gasteiger partial charge on any atom is -0.360 e. The topological polar surface area (TPSA) is 47.6 Å². The summed E-state index contributed by atoms with van der Waals surface area (Å²) in [6, 6.07) is 0.303. The molecule has 0 aromatic rings. The lowest BCUT2D eigenvalue weighted by Gasteiger charge is -2.46. The first-order valence-corrected chi connectivity index (χ1v) is 10.8. The third-order valence-electron chi connectivity index (χ3n) is 6.17. The number of hydrogen-bond donors (Lipinski definition) is 2. The van der Waals surface area contributed by atoms with Crippen molar-refractivity contribution < 1.29 is 4.79 Å². The Morgan fingerprint density at radius 2 is 1.85 bits per heavy atom. The van der Waals surface area contributed by atoms with Gasteiger partial charge >= 0.3 is 0 Å². The zero-order valence-electron chi connectivity index (χ0n) is 17.5. The van der Waals surface area contributed by atoms with Crippen LogP contribution in [0.15, 0.2) is 0 Å². The van der Waals surface area contributed by atoms with E-state index in [1.54, 1.807) is 0 Å². The van der Waals surface area contributed by atoms with Crippen LogP contribution in [0.25, 0.3) is 0 Å². The van der Waals surface area contributed by atoms with Gasteiger partial charge in [0.05, 0.1) is 11.7 Å². The Kier molecular flexibility index (Phi) is 7.31. The van der Waals surface area contributed by atoms with Crippen molar-refractivity contribution in [3.05, 3.63) is 0 Å². The molecule has 2 heterocycles. The van der Waals surface area contributed by atoms with Gasteiger partial charge < -0.3 is 15.1 Å². The minimum absolute atomic E-state index is 0.0450. The van der Waals surface area contributed by atoms with E-state index in [2.05, 4.69) is 62.0 Å². The third kappa shape index (κ3) is 4.50. The molecule has 2 N–H and O–H groups in total. The molecular weight excluding hydrogens is 344 g/mol. The number of nitrogens with zero attached hydrogens (tertiary/aromatic N) is 2. The maximum Gasteiger partial charge on any atom is 0.241 e. The molecule has 0 radical (unpaired) electrons. The van der Waals surface area contributed by atoms with E-state index >= 15 is 0 Å². The molecule has 0 saturated carbocycles. The van der Waals surface area contributed by atoms with Crippen molar-refractivity contribution >= 4 is 23.2 Å². The predicted octanol–water partition coefficient (Wildman–Crippen LogP) is 2.95. The second-order valence-electron chi connectivity index (χ2n) is 8.59. The molecule has 6 heteroatoms. The highest BCUT2D eigenvalue weighted by atomic mass is 32.1. The molecule has 0 aliphatic carbocycles. The summed E-state index contributed by atoms with van der Waals surface area (Å²) in [5.74, 6) is 1.19. The van der Waals surface area contributed by atoms with E-state index in [0.717, 1.165) is 50.4 Å². The molecule has 1 spiro atoms. The molecule has 2 aliphatic heterocycles. The van der Waals surface area contributed by atoms with E-state index in [1.807, 2.05) is 0 Å². The lowest BCUT2D eigenvalue weighted by atomic mass is 9.94. The first-order chi connectivity index (χ1) is 12.2. The fourth-order valence-corrected chi connectivity index (χ4v) is 4.39. The first-order valence-electron chi connectivity index (χ1n) is 10.4. The Bertz CT molecular complexity index is 502. The van der Waals surface area contributed by atoms with E-state index in [0.29, 0.717) is 23.8 Å². The zero-order chi connectivity index (χ0) is 19.5. The molecule has 2 saturated heterocycles. The second-order valence-corrected chi connectivity index (χ2v) is 8.98. The van der Waals surface area contributed by atoms with Gasteiger partial charge in [-0.2, -0.15) is 0 Å². The lowest BCUT2D eigenvalue weighted by Crippen LogP contribution is -2.61. The summed E-state index contributed by atoms with van der Waals surface area (Å²) >= 11 is 5.55. The SMILES string of the molecule is CC[C@H](C)CN1C(=O)[C@H]([C@@H](C)CC)NC12CCN(C(=S)NC(C)C)CC2. The molecule has 150 valence electrons. The summed E-state index contributed by atoms with van der Waals surface area (Å²) in [5, 5.41) is 7.96. The molecule has 1 amide bonds. The molecule has 26 heavy (non-hydrogen) atoms. The van der Waals surface area contributed by atoms with Crippen molar-refractivity contribution in [1.29, 1.82) is 0 Å². The molecule has 0 aromatic carbocycles. The van der Waals surface area contributed by atoms with E-state index in [1.165, 1.54) is 0 Å². The van der Waals surface area contributed by atoms with Gasteiger partial charge in [-0.15, -0.1) is 0 Å². The van der Waals surface area contributed by atoms with Crippen LogP contribution < -0.4 is 10.6 Å². The van der Waals surface area contributed by atoms with Gasteiger partial charge in [-0.25, -0.2) is 0 Å². The van der Waals surface area contributed by atoms with Crippen LogP contribution in [0.3, 0.4) is 0 Å². The van der Waals surface area contributed by atoms with Gasteiger partial charge in [0.1, 0.15) is 0 Å². The van der Waals surface area contributed by atoms with Crippen LogP contribution in [0.4, 0.5) is 0 Å². The molecule has 0 aromatic heterocycles. The molecule has 3 atom stereocenters. The van der Waals surface area contributed by atoms with Gasteiger partial charge in [0.2, 0.25) is 5.91 Å². The average Bonchev–Trinajstić information content (AvgIpc) is 2.87. The van der Waals surface area contributed by atoms with Crippen LogP contribution in [0, 0.1) is 11.8 Å². The quantitative estimate of drug-likeness (QED) is 0.692. The molecule has 2 rings (SSSR count). The first kappa shape index (κ1) is 21.4. The van der Waals surface area contributed by atoms with Crippen LogP contribution in [0.5, 0.6) is 0 Å². The largest absolute Gasteiger partial charge is 0.360 e. The number of piperidine rings is 1. The highest BCUT2D eigenvalue weighted by Crippen LogP contribution is 2.35. The van der Waals surface area contributed by atoms with Crippen molar-refractivity contribution in [2.75, 3.05) is 19.6 Å². The number of carbonyl (C=O) groups is 1. The fourth-order valence-electron chi connectivity index (χ4n) is 3.97. The zero-order valence-corrected chi connectivity index (χ0v) is 18.3. The summed E-state index contributed by atoms with van der Waals surface area (Å²) in [5.41, 5.74) is -0.196. The molecule has 0 unspecified atom stereocenters. The monoisotopic (exact) mass is 382 g/mol. The van der Waals surface area contributed by atoms with Crippen LogP contribution in [0.1, 0.15) is 67.2 Å². The molecule has 2 fully saturated rings. The summed E-state index contributed by atoms with van der Waals surface area (Å²) in [4.78, 5) is 17.6. The van der Waals surface area contributed by atoms with Gasteiger partial charge in [-0.05, 0) is 37.9 Å². The third-order valence-corrected chi connectivity index (χ3v) is 6.54. The van der Waals surface area contributed by atoms with Crippen molar-refractivity contribution in [2.45, 2.75) is 85.0 Å². The smallest absolute Gasteiger partial charge is 0.241 e. The Labute approximate surface area is 165 Å². The Morgan fingerprint density at radius 1 is 1.23 bits per heavy atom. The number of carbonyl (C=O) groups excluding carboxylic acids is 1. The number of nitrogens with one attached hydrogen (secondary N) is 2. The molecule has 5 nitrogen and oxygen atoms in total. The Balaban J connectivity index is 2.13. The molecule has 2 aliphatic rings. The number of likely N-dealkylation sites (tertiary alicyclic amines) is 1. The Morgan fingerprint density at radius 3 is 2.35 bits per heavy atom. The van der Waals surface area contributed by atoms with Crippen LogP contribution >= 0.6 is 12.2 Å². The summed E-state index contributed by atoms with van der Waals surface area (Å²) in [7, 11) is 0. The molecular formula is C20H38N4OS. The van der Waals surface area contributed by atoms with E-state index < -0.39 is 0 Å². The van der Waals surface area contributed by atoms with Crippen LogP contribution in [0.2, 0.25) is 0 Å². The summed E-state index contributed by atoms with van der Waals surface area (Å²) < 4.78 is 0. The van der Waals surface area contributed by atoms with Crippen LogP contribution in [-0.2, 0) is 4.79 Å². The van der Waals surface area contributed by atoms with E-state index in [4.69, 9.17) is 12.2 Å². The minimum atomic E-state index is -0.196. The fraction of sp³-hybridized carbons (Fsp3) is 0.900. The number of rotatable bonds is 6. The molecule has 0 bridgehead atoms. The number of hydrogen-bond acceptors (Lipinski definition) is 3. The average molecular weight is 383 g/mol. The van der Waals surface area contributed by atoms with Gasteiger partial charge in [-0.1, -0.05) is 40.5 Å². The normalized spacial score (nSPS) is 25.0. The van der Waals surface area contributed by atoms with Crippen LogP contribution in [-0.4, -0.2) is 58.2 Å². The maximum absolute atomic E-state index is 13.2. The van der Waals surface area contributed by atoms with Crippen molar-refractivity contribution in [2.24, 2.45) is 11.8 Å². The van der Waals surface area contributed by atoms with Crippen molar-refractivity contribution in [1.82, 2.24) is 20.4 Å². The summed E-state index contributed by atoms with van der Waals surface area (Å²) in [6.45, 7) is 15.7. The Hall–Kier alpha value is -0.880. The van der Waals surface area contributed by atoms with Gasteiger partial charge in [0.25, 0.3) is 0 Å². The van der Waals surface area contributed by atoms with Crippen molar-refractivity contribution in [3.8, 4) is 0 Å². The van der Waals surface area contributed by atoms with E-state index in [9.17, 15) is 4.79 Å². The number of amides is 1. The van der Waals surface area contributed by atoms with Crippen molar-refractivity contribution in [3.63, 3.8) is 0 Å². The summed E-state index contributed by atoms with van der Waals surface area (Å²) in [6.07, 6.45) is 3.98. The standard InChI is InChI=1S/C20H38N4OS/c1-7-15(5)13-24-18(25)17(16(6)8-2)22-20(24)9-11-23(12-10-20)19(26)21-14(3)4/h14-17,22H,7-13H2,1-6H3,(H,21,26)/t15-,16-,17-/m0/s1. The predicted molar refractivity (Wildman–Crippen MR) is 112 cm³/mol. The second kappa shape index (κ2) is 8.87. The highest BCUT2D eigenvalue weighted by molar-refractivity contribution is 7.80. The van der Waals surface area contributed by atoms with Gasteiger partial charge in [0.15, 0.2) is 5.11 Å². The maximum atomic E-state index is 13.2. The van der Waals surface area contributed by atoms with Gasteiger partial charge in [0, 0.05) is 38.5 Å². The van der Waals surface area contributed by atoms with E-state index in [-0.39, 0.29) is 11.7 Å². The number of thiocarbonyl (C=S) groups is 1. The highest BCUT2D eigenvalue weighted by Gasteiger charge is 2.52. The lowest BCUT2D eigenvalue weighted by molar-refractivity contribution is -0.134. The van der Waals surface area contributed by atoms with Gasteiger partial charge in [-0.3, -0.25) is 10.1 Å².